The average Bonchev–Trinajstić information content (AvgIpc) is 3.34. The molecule has 1 aliphatic rings. The summed E-state index contributed by atoms with van der Waals surface area (Å²) in [6, 6.07) is 12.4. The number of hydrogen-bond donors (Lipinski definition) is 0. The maximum Gasteiger partial charge on any atom is 0.302 e. The molecule has 0 aromatic heterocycles. The zero-order valence-electron chi connectivity index (χ0n) is 15.1. The summed E-state index contributed by atoms with van der Waals surface area (Å²) >= 11 is 0. The van der Waals surface area contributed by atoms with Crippen molar-refractivity contribution in [1.29, 1.82) is 0 Å². The summed E-state index contributed by atoms with van der Waals surface area (Å²) in [4.78, 5) is 11.3. The highest BCUT2D eigenvalue weighted by molar-refractivity contribution is 7.86. The number of hydrogen-bond acceptors (Lipinski definition) is 5. The molecule has 0 saturated heterocycles. The summed E-state index contributed by atoms with van der Waals surface area (Å²) in [5.41, 5.74) is 0.990. The van der Waals surface area contributed by atoms with Gasteiger partial charge in [0, 0.05) is 12.3 Å². The first-order chi connectivity index (χ1) is 12.7. The molecule has 1 aliphatic carbocycles. The minimum Gasteiger partial charge on any atom is -0.465 e. The standard InChI is InChI=1S/C20H21FO5S/c1-14-6-8-19(9-7-14)27(23,24)26-12-17-11-20(17,13-25-15(2)22)16-4-3-5-18(21)10-16/h3-10,17H,11-13H2,1-2H3/t17-,20+/m0/s1. The lowest BCUT2D eigenvalue weighted by atomic mass is 9.94. The normalized spacial score (nSPS) is 21.7. The highest BCUT2D eigenvalue weighted by atomic mass is 32.2. The fraction of sp³-hybridized carbons (Fsp3) is 0.350. The molecule has 0 amide bonds. The molecular weight excluding hydrogens is 371 g/mol. The van der Waals surface area contributed by atoms with E-state index in [9.17, 15) is 17.6 Å². The van der Waals surface area contributed by atoms with Gasteiger partial charge in [-0.05, 0) is 49.1 Å². The monoisotopic (exact) mass is 392 g/mol. The van der Waals surface area contributed by atoms with Crippen molar-refractivity contribution in [3.8, 4) is 0 Å². The SMILES string of the molecule is CC(=O)OC[C@@]1(c2cccc(F)c2)C[C@H]1COS(=O)(=O)c1ccc(C)cc1. The van der Waals surface area contributed by atoms with E-state index in [1.165, 1.54) is 31.2 Å². The largest absolute Gasteiger partial charge is 0.465 e. The average molecular weight is 392 g/mol. The predicted octanol–water partition coefficient (Wildman–Crippen LogP) is 3.36. The molecule has 1 fully saturated rings. The number of halogens is 1. The second kappa shape index (κ2) is 7.40. The molecular formula is C20H21FO5S. The molecule has 0 spiro atoms. The molecule has 0 unspecified atom stereocenters. The van der Waals surface area contributed by atoms with Crippen molar-refractivity contribution in [2.24, 2.45) is 5.92 Å². The fourth-order valence-electron chi connectivity index (χ4n) is 3.19. The molecule has 27 heavy (non-hydrogen) atoms. The van der Waals surface area contributed by atoms with Crippen molar-refractivity contribution in [3.63, 3.8) is 0 Å². The summed E-state index contributed by atoms with van der Waals surface area (Å²) in [6.45, 7) is 3.16. The van der Waals surface area contributed by atoms with E-state index < -0.39 is 27.3 Å². The lowest BCUT2D eigenvalue weighted by Crippen LogP contribution is -2.22. The molecule has 0 aliphatic heterocycles. The number of aryl methyl sites for hydroxylation is 1. The van der Waals surface area contributed by atoms with Crippen LogP contribution in [0, 0.1) is 18.7 Å². The Kier molecular flexibility index (Phi) is 5.35. The van der Waals surface area contributed by atoms with Crippen LogP contribution in [0.25, 0.3) is 0 Å². The van der Waals surface area contributed by atoms with E-state index in [1.54, 1.807) is 24.3 Å². The van der Waals surface area contributed by atoms with E-state index in [0.717, 1.165) is 5.56 Å². The van der Waals surface area contributed by atoms with Gasteiger partial charge in [0.05, 0.1) is 11.5 Å². The van der Waals surface area contributed by atoms with Crippen LogP contribution in [-0.4, -0.2) is 27.6 Å². The van der Waals surface area contributed by atoms with Crippen molar-refractivity contribution in [1.82, 2.24) is 0 Å². The zero-order chi connectivity index (χ0) is 19.7. The van der Waals surface area contributed by atoms with Gasteiger partial charge in [0.15, 0.2) is 0 Å². The third-order valence-corrected chi connectivity index (χ3v) is 6.19. The first kappa shape index (κ1) is 19.5. The van der Waals surface area contributed by atoms with Crippen LogP contribution in [0.5, 0.6) is 0 Å². The minimum atomic E-state index is -3.89. The lowest BCUT2D eigenvalue weighted by molar-refractivity contribution is -0.142. The van der Waals surface area contributed by atoms with Crippen molar-refractivity contribution in [3.05, 3.63) is 65.5 Å². The Hall–Kier alpha value is -2.25. The van der Waals surface area contributed by atoms with E-state index in [-0.39, 0.29) is 24.0 Å². The molecule has 144 valence electrons. The highest BCUT2D eigenvalue weighted by Gasteiger charge is 2.56. The Bertz CT molecular complexity index is 939. The summed E-state index contributed by atoms with van der Waals surface area (Å²) in [6.07, 6.45) is 0.549. The molecule has 0 radical (unpaired) electrons. The third-order valence-electron chi connectivity index (χ3n) is 4.90. The molecule has 0 N–H and O–H groups in total. The Morgan fingerprint density at radius 2 is 1.93 bits per heavy atom. The summed E-state index contributed by atoms with van der Waals surface area (Å²) < 4.78 is 48.8. The van der Waals surface area contributed by atoms with Gasteiger partial charge in [-0.15, -0.1) is 0 Å². The Morgan fingerprint density at radius 3 is 2.56 bits per heavy atom. The first-order valence-electron chi connectivity index (χ1n) is 8.58. The zero-order valence-corrected chi connectivity index (χ0v) is 16.0. The van der Waals surface area contributed by atoms with Crippen LogP contribution in [0.1, 0.15) is 24.5 Å². The van der Waals surface area contributed by atoms with E-state index in [4.69, 9.17) is 8.92 Å². The van der Waals surface area contributed by atoms with Gasteiger partial charge in [-0.1, -0.05) is 29.8 Å². The summed E-state index contributed by atoms with van der Waals surface area (Å²) in [5, 5.41) is 0. The molecule has 3 rings (SSSR count). The first-order valence-corrected chi connectivity index (χ1v) is 9.99. The van der Waals surface area contributed by atoms with Crippen LogP contribution in [0.15, 0.2) is 53.4 Å². The lowest BCUT2D eigenvalue weighted by Gasteiger charge is -2.18. The predicted molar refractivity (Wildman–Crippen MR) is 97.1 cm³/mol. The van der Waals surface area contributed by atoms with E-state index >= 15 is 0 Å². The van der Waals surface area contributed by atoms with Gasteiger partial charge in [0.25, 0.3) is 10.1 Å². The number of carbonyl (C=O) groups is 1. The molecule has 7 heteroatoms. The molecule has 1 saturated carbocycles. The third kappa shape index (κ3) is 4.36. The van der Waals surface area contributed by atoms with Gasteiger partial charge in [0.1, 0.15) is 12.4 Å². The van der Waals surface area contributed by atoms with Gasteiger partial charge in [0.2, 0.25) is 0 Å². The molecule has 0 bridgehead atoms. The Morgan fingerprint density at radius 1 is 1.22 bits per heavy atom. The molecule has 2 aromatic rings. The van der Waals surface area contributed by atoms with Gasteiger partial charge in [-0.25, -0.2) is 4.39 Å². The van der Waals surface area contributed by atoms with Gasteiger partial charge >= 0.3 is 5.97 Å². The second-order valence-electron chi connectivity index (χ2n) is 6.90. The Balaban J connectivity index is 1.74. The minimum absolute atomic E-state index is 0.0599. The maximum absolute atomic E-state index is 13.6. The summed E-state index contributed by atoms with van der Waals surface area (Å²) in [5.74, 6) is -1.03. The van der Waals surface area contributed by atoms with E-state index in [2.05, 4.69) is 0 Å². The summed E-state index contributed by atoms with van der Waals surface area (Å²) in [7, 11) is -3.89. The Labute approximate surface area is 158 Å². The number of carbonyl (C=O) groups excluding carboxylic acids is 1. The van der Waals surface area contributed by atoms with Crippen molar-refractivity contribution in [2.75, 3.05) is 13.2 Å². The number of benzene rings is 2. The topological polar surface area (TPSA) is 69.7 Å². The maximum atomic E-state index is 13.6. The quantitative estimate of drug-likeness (QED) is 0.534. The number of esters is 1. The van der Waals surface area contributed by atoms with Gasteiger partial charge < -0.3 is 4.74 Å². The second-order valence-corrected chi connectivity index (χ2v) is 8.51. The van der Waals surface area contributed by atoms with Crippen molar-refractivity contribution < 1.29 is 26.5 Å². The van der Waals surface area contributed by atoms with Crippen molar-refractivity contribution >= 4 is 16.1 Å². The molecule has 5 nitrogen and oxygen atoms in total. The highest BCUT2D eigenvalue weighted by Crippen LogP contribution is 2.55. The van der Waals surface area contributed by atoms with Crippen LogP contribution in [-0.2, 0) is 29.2 Å². The van der Waals surface area contributed by atoms with E-state index in [1.807, 2.05) is 6.92 Å². The number of ether oxygens (including phenoxy) is 1. The number of rotatable bonds is 7. The van der Waals surface area contributed by atoms with E-state index in [0.29, 0.717) is 12.0 Å². The van der Waals surface area contributed by atoms with Crippen LogP contribution in [0.3, 0.4) is 0 Å². The molecule has 0 heterocycles. The van der Waals surface area contributed by atoms with Crippen molar-refractivity contribution in [2.45, 2.75) is 30.6 Å². The van der Waals surface area contributed by atoms with Gasteiger partial charge in [-0.3, -0.25) is 8.98 Å². The molecule has 2 aromatic carbocycles. The smallest absolute Gasteiger partial charge is 0.302 e. The van der Waals surface area contributed by atoms with Crippen LogP contribution in [0.4, 0.5) is 4.39 Å². The fourth-order valence-corrected chi connectivity index (χ4v) is 4.14. The van der Waals surface area contributed by atoms with Crippen LogP contribution >= 0.6 is 0 Å². The molecule has 2 atom stereocenters. The van der Waals surface area contributed by atoms with Crippen LogP contribution in [0.2, 0.25) is 0 Å². The van der Waals surface area contributed by atoms with Crippen LogP contribution < -0.4 is 0 Å². The van der Waals surface area contributed by atoms with Gasteiger partial charge in [-0.2, -0.15) is 8.42 Å².